The van der Waals surface area contributed by atoms with Crippen LogP contribution in [0.15, 0.2) is 24.3 Å². The summed E-state index contributed by atoms with van der Waals surface area (Å²) in [6.45, 7) is 4.39. The molecule has 0 aliphatic heterocycles. The van der Waals surface area contributed by atoms with Gasteiger partial charge in [0, 0.05) is 22.2 Å². The first-order valence-corrected chi connectivity index (χ1v) is 7.33. The van der Waals surface area contributed by atoms with Crippen LogP contribution in [0.5, 0.6) is 0 Å². The summed E-state index contributed by atoms with van der Waals surface area (Å²) in [5.74, 6) is 1.72. The second-order valence-electron chi connectivity index (χ2n) is 5.13. The van der Waals surface area contributed by atoms with Gasteiger partial charge in [0.1, 0.15) is 0 Å². The van der Waals surface area contributed by atoms with Crippen molar-refractivity contribution < 1.29 is 0 Å². The summed E-state index contributed by atoms with van der Waals surface area (Å²) in [5.41, 5.74) is 1.08. The van der Waals surface area contributed by atoms with Crippen LogP contribution >= 0.6 is 34.8 Å². The molecule has 1 rings (SSSR count). The van der Waals surface area contributed by atoms with E-state index >= 15 is 0 Å². The molecule has 0 radical (unpaired) electrons. The number of alkyl halides is 2. The Kier molecular flexibility index (Phi) is 6.12. The van der Waals surface area contributed by atoms with Crippen molar-refractivity contribution >= 4 is 34.8 Å². The van der Waals surface area contributed by atoms with Crippen LogP contribution in [0.4, 0.5) is 0 Å². The Labute approximate surface area is 119 Å². The molecule has 1 aromatic rings. The average molecular weight is 294 g/mol. The van der Waals surface area contributed by atoms with Gasteiger partial charge in [-0.15, -0.1) is 23.2 Å². The molecular weight excluding hydrogens is 275 g/mol. The molecular formula is C14H19Cl3. The van der Waals surface area contributed by atoms with E-state index < -0.39 is 0 Å². The van der Waals surface area contributed by atoms with Crippen molar-refractivity contribution in [2.45, 2.75) is 26.7 Å². The van der Waals surface area contributed by atoms with Gasteiger partial charge in [-0.05, 0) is 30.4 Å². The lowest BCUT2D eigenvalue weighted by Crippen LogP contribution is -2.30. The molecule has 0 aliphatic carbocycles. The zero-order valence-electron chi connectivity index (χ0n) is 10.3. The van der Waals surface area contributed by atoms with Crippen molar-refractivity contribution in [1.82, 2.24) is 0 Å². The van der Waals surface area contributed by atoms with E-state index in [4.69, 9.17) is 34.8 Å². The highest BCUT2D eigenvalue weighted by Crippen LogP contribution is 2.35. The van der Waals surface area contributed by atoms with Crippen molar-refractivity contribution in [2.24, 2.45) is 11.3 Å². The van der Waals surface area contributed by atoms with Gasteiger partial charge in [0.25, 0.3) is 0 Å². The second kappa shape index (κ2) is 6.87. The monoisotopic (exact) mass is 292 g/mol. The third-order valence-corrected chi connectivity index (χ3v) is 4.43. The number of rotatable bonds is 6. The fourth-order valence-corrected chi connectivity index (χ4v) is 3.12. The molecule has 1 aromatic carbocycles. The van der Waals surface area contributed by atoms with Gasteiger partial charge >= 0.3 is 0 Å². The van der Waals surface area contributed by atoms with Crippen LogP contribution in [0.3, 0.4) is 0 Å². The number of benzene rings is 1. The molecule has 0 saturated carbocycles. The molecule has 0 fully saturated rings. The fraction of sp³-hybridized carbons (Fsp3) is 0.571. The zero-order chi connectivity index (χ0) is 12.9. The molecule has 0 aliphatic rings. The first-order chi connectivity index (χ1) is 8.03. The average Bonchev–Trinajstić information content (AvgIpc) is 2.30. The lowest BCUT2D eigenvalue weighted by molar-refractivity contribution is 0.295. The third-order valence-electron chi connectivity index (χ3n) is 2.93. The molecule has 0 saturated heterocycles. The van der Waals surface area contributed by atoms with Gasteiger partial charge in [-0.3, -0.25) is 0 Å². The molecule has 3 heteroatoms. The quantitative estimate of drug-likeness (QED) is 0.617. The molecule has 0 bridgehead atoms. The van der Waals surface area contributed by atoms with Crippen molar-refractivity contribution in [3.63, 3.8) is 0 Å². The van der Waals surface area contributed by atoms with Crippen LogP contribution < -0.4 is 0 Å². The minimum absolute atomic E-state index is 0.0533. The van der Waals surface area contributed by atoms with Crippen molar-refractivity contribution in [2.75, 3.05) is 11.8 Å². The highest BCUT2D eigenvalue weighted by molar-refractivity contribution is 6.31. The van der Waals surface area contributed by atoms with Crippen LogP contribution in [-0.2, 0) is 6.42 Å². The SMILES string of the molecule is CC(C)CC(CCl)(CCl)Cc1ccccc1Cl. The number of halogens is 3. The molecule has 0 spiro atoms. The van der Waals surface area contributed by atoms with E-state index in [0.717, 1.165) is 23.4 Å². The Morgan fingerprint density at radius 3 is 2.18 bits per heavy atom. The number of hydrogen-bond acceptors (Lipinski definition) is 0. The fourth-order valence-electron chi connectivity index (χ4n) is 2.22. The summed E-state index contributed by atoms with van der Waals surface area (Å²) in [7, 11) is 0. The second-order valence-corrected chi connectivity index (χ2v) is 6.08. The topological polar surface area (TPSA) is 0 Å². The minimum Gasteiger partial charge on any atom is -0.126 e. The Hall–Kier alpha value is 0.0900. The summed E-state index contributed by atoms with van der Waals surface area (Å²) in [6, 6.07) is 7.91. The summed E-state index contributed by atoms with van der Waals surface area (Å²) >= 11 is 18.5. The number of hydrogen-bond donors (Lipinski definition) is 0. The molecule has 0 nitrogen and oxygen atoms in total. The van der Waals surface area contributed by atoms with E-state index in [0.29, 0.717) is 17.7 Å². The predicted molar refractivity (Wildman–Crippen MR) is 78.5 cm³/mol. The van der Waals surface area contributed by atoms with Gasteiger partial charge in [-0.25, -0.2) is 0 Å². The van der Waals surface area contributed by atoms with Crippen LogP contribution in [0.25, 0.3) is 0 Å². The van der Waals surface area contributed by atoms with E-state index in [1.54, 1.807) is 0 Å². The van der Waals surface area contributed by atoms with Gasteiger partial charge in [0.2, 0.25) is 0 Å². The minimum atomic E-state index is -0.0533. The lowest BCUT2D eigenvalue weighted by atomic mass is 9.78. The van der Waals surface area contributed by atoms with Gasteiger partial charge in [-0.2, -0.15) is 0 Å². The maximum absolute atomic E-state index is 6.19. The normalized spacial score (nSPS) is 12.1. The van der Waals surface area contributed by atoms with E-state index in [1.165, 1.54) is 0 Å². The van der Waals surface area contributed by atoms with Crippen molar-refractivity contribution in [3.05, 3.63) is 34.9 Å². The summed E-state index contributed by atoms with van der Waals surface area (Å²) in [6.07, 6.45) is 1.86. The van der Waals surface area contributed by atoms with Crippen LogP contribution in [0.1, 0.15) is 25.8 Å². The standard InChI is InChI=1S/C14H19Cl3/c1-11(2)7-14(9-15,10-16)8-12-5-3-4-6-13(12)17/h3-6,11H,7-10H2,1-2H3. The maximum Gasteiger partial charge on any atom is 0.0438 e. The van der Waals surface area contributed by atoms with Crippen LogP contribution in [0, 0.1) is 11.3 Å². The van der Waals surface area contributed by atoms with Crippen LogP contribution in [-0.4, -0.2) is 11.8 Å². The van der Waals surface area contributed by atoms with E-state index in [2.05, 4.69) is 19.9 Å². The third kappa shape index (κ3) is 4.35. The van der Waals surface area contributed by atoms with Gasteiger partial charge in [0.15, 0.2) is 0 Å². The van der Waals surface area contributed by atoms with Gasteiger partial charge in [0.05, 0.1) is 0 Å². The van der Waals surface area contributed by atoms with E-state index in [9.17, 15) is 0 Å². The molecule has 0 N–H and O–H groups in total. The van der Waals surface area contributed by atoms with Crippen molar-refractivity contribution in [1.29, 1.82) is 0 Å². The summed E-state index contributed by atoms with van der Waals surface area (Å²) in [5, 5.41) is 0.802. The molecule has 0 unspecified atom stereocenters. The molecule has 0 heterocycles. The van der Waals surface area contributed by atoms with Crippen LogP contribution in [0.2, 0.25) is 5.02 Å². The summed E-state index contributed by atoms with van der Waals surface area (Å²) < 4.78 is 0. The largest absolute Gasteiger partial charge is 0.126 e. The first-order valence-electron chi connectivity index (χ1n) is 5.88. The molecule has 17 heavy (non-hydrogen) atoms. The Morgan fingerprint density at radius 1 is 1.12 bits per heavy atom. The first kappa shape index (κ1) is 15.1. The van der Waals surface area contributed by atoms with E-state index in [1.807, 2.05) is 18.2 Å². The van der Waals surface area contributed by atoms with Gasteiger partial charge < -0.3 is 0 Å². The molecule has 0 amide bonds. The maximum atomic E-state index is 6.19. The van der Waals surface area contributed by atoms with Crippen molar-refractivity contribution in [3.8, 4) is 0 Å². The molecule has 96 valence electrons. The Bertz CT molecular complexity index is 343. The highest BCUT2D eigenvalue weighted by Gasteiger charge is 2.30. The smallest absolute Gasteiger partial charge is 0.0438 e. The summed E-state index contributed by atoms with van der Waals surface area (Å²) in [4.78, 5) is 0. The predicted octanol–water partition coefficient (Wildman–Crippen LogP) is 5.39. The van der Waals surface area contributed by atoms with E-state index in [-0.39, 0.29) is 5.41 Å². The highest BCUT2D eigenvalue weighted by atomic mass is 35.5. The molecule has 0 atom stereocenters. The Morgan fingerprint density at radius 2 is 1.71 bits per heavy atom. The lowest BCUT2D eigenvalue weighted by Gasteiger charge is -2.32. The zero-order valence-corrected chi connectivity index (χ0v) is 12.6. The molecule has 0 aromatic heterocycles. The Balaban J connectivity index is 2.90. The van der Waals surface area contributed by atoms with Gasteiger partial charge in [-0.1, -0.05) is 43.6 Å².